The van der Waals surface area contributed by atoms with E-state index in [9.17, 15) is 13.6 Å². The molecule has 1 aliphatic rings. The third-order valence-corrected chi connectivity index (χ3v) is 4.62. The van der Waals surface area contributed by atoms with Crippen LogP contribution in [0.25, 0.3) is 0 Å². The van der Waals surface area contributed by atoms with Gasteiger partial charge in [0, 0.05) is 4.47 Å². The summed E-state index contributed by atoms with van der Waals surface area (Å²) in [4.78, 5) is 12.5. The molecule has 0 spiro atoms. The molecule has 7 heteroatoms. The maximum Gasteiger partial charge on any atom is 0.277 e. The van der Waals surface area contributed by atoms with Crippen LogP contribution in [0, 0.1) is 0 Å². The molecule has 0 radical (unpaired) electrons. The predicted octanol–water partition coefficient (Wildman–Crippen LogP) is 3.39. The first kappa shape index (κ1) is 19.3. The van der Waals surface area contributed by atoms with Gasteiger partial charge in [0.25, 0.3) is 5.92 Å². The van der Waals surface area contributed by atoms with Crippen LogP contribution in [-0.2, 0) is 10.2 Å². The number of carbonyl (C=O) groups excluding carboxylic acids is 1. The van der Waals surface area contributed by atoms with Crippen molar-refractivity contribution in [2.24, 2.45) is 5.73 Å². The SMILES string of the molecule is Cl.NCC(F)(F)CNC(=O)C1(c2ccc(Br)cc2)CCCC1. The van der Waals surface area contributed by atoms with Crippen LogP contribution >= 0.6 is 28.3 Å². The average Bonchev–Trinajstić information content (AvgIpc) is 2.96. The summed E-state index contributed by atoms with van der Waals surface area (Å²) in [6, 6.07) is 7.51. The Balaban J connectivity index is 0.00000242. The number of halogens is 4. The van der Waals surface area contributed by atoms with Crippen molar-refractivity contribution in [3.63, 3.8) is 0 Å². The maximum absolute atomic E-state index is 13.2. The Morgan fingerprint density at radius 1 is 1.27 bits per heavy atom. The van der Waals surface area contributed by atoms with E-state index in [4.69, 9.17) is 5.73 Å². The molecule has 0 heterocycles. The van der Waals surface area contributed by atoms with Crippen molar-refractivity contribution in [1.29, 1.82) is 0 Å². The van der Waals surface area contributed by atoms with Crippen LogP contribution in [0.15, 0.2) is 28.7 Å². The first-order valence-electron chi connectivity index (χ1n) is 7.02. The fraction of sp³-hybridized carbons (Fsp3) is 0.533. The molecular weight excluding hydrogens is 378 g/mol. The van der Waals surface area contributed by atoms with E-state index >= 15 is 0 Å². The summed E-state index contributed by atoms with van der Waals surface area (Å²) < 4.78 is 27.4. The zero-order valence-corrected chi connectivity index (χ0v) is 14.5. The lowest BCUT2D eigenvalue weighted by atomic mass is 9.78. The Bertz CT molecular complexity index is 505. The van der Waals surface area contributed by atoms with E-state index in [2.05, 4.69) is 21.2 Å². The standard InChI is InChI=1S/C15H19BrF2N2O.ClH/c16-12-5-3-11(4-6-12)14(7-1-2-8-14)13(21)20-10-15(17,18)9-19;/h3-6H,1-2,7-10,19H2,(H,20,21);1H. The minimum atomic E-state index is -3.06. The summed E-state index contributed by atoms with van der Waals surface area (Å²) in [5, 5.41) is 2.39. The van der Waals surface area contributed by atoms with Crippen molar-refractivity contribution < 1.29 is 13.6 Å². The minimum Gasteiger partial charge on any atom is -0.349 e. The molecule has 0 atom stereocenters. The number of hydrogen-bond acceptors (Lipinski definition) is 2. The van der Waals surface area contributed by atoms with Crippen molar-refractivity contribution in [1.82, 2.24) is 5.32 Å². The zero-order valence-electron chi connectivity index (χ0n) is 12.1. The van der Waals surface area contributed by atoms with Gasteiger partial charge < -0.3 is 11.1 Å². The van der Waals surface area contributed by atoms with E-state index in [1.54, 1.807) is 0 Å². The molecule has 1 aromatic carbocycles. The second-order valence-corrected chi connectivity index (χ2v) is 6.45. The summed E-state index contributed by atoms with van der Waals surface area (Å²) in [7, 11) is 0. The smallest absolute Gasteiger partial charge is 0.277 e. The zero-order chi connectivity index (χ0) is 15.5. The van der Waals surface area contributed by atoms with E-state index in [-0.39, 0.29) is 18.3 Å². The Morgan fingerprint density at radius 3 is 2.32 bits per heavy atom. The lowest BCUT2D eigenvalue weighted by molar-refractivity contribution is -0.128. The van der Waals surface area contributed by atoms with E-state index < -0.39 is 24.4 Å². The molecule has 3 N–H and O–H groups in total. The quantitative estimate of drug-likeness (QED) is 0.800. The highest BCUT2D eigenvalue weighted by atomic mass is 79.9. The van der Waals surface area contributed by atoms with Crippen molar-refractivity contribution in [2.75, 3.05) is 13.1 Å². The topological polar surface area (TPSA) is 55.1 Å². The van der Waals surface area contributed by atoms with Gasteiger partial charge in [0.15, 0.2) is 0 Å². The number of benzene rings is 1. The van der Waals surface area contributed by atoms with Crippen molar-refractivity contribution in [3.05, 3.63) is 34.3 Å². The highest BCUT2D eigenvalue weighted by Crippen LogP contribution is 2.41. The second-order valence-electron chi connectivity index (χ2n) is 5.54. The van der Waals surface area contributed by atoms with Gasteiger partial charge in [-0.15, -0.1) is 12.4 Å². The number of hydrogen-bond donors (Lipinski definition) is 2. The molecule has 1 aliphatic carbocycles. The van der Waals surface area contributed by atoms with Gasteiger partial charge in [-0.2, -0.15) is 0 Å². The van der Waals surface area contributed by atoms with Gasteiger partial charge in [-0.05, 0) is 30.5 Å². The van der Waals surface area contributed by atoms with Gasteiger partial charge in [0.2, 0.25) is 5.91 Å². The molecule has 0 aromatic heterocycles. The number of carbonyl (C=O) groups is 1. The van der Waals surface area contributed by atoms with Crippen molar-refractivity contribution in [3.8, 4) is 0 Å². The van der Waals surface area contributed by atoms with Crippen LogP contribution < -0.4 is 11.1 Å². The van der Waals surface area contributed by atoms with Crippen LogP contribution in [0.5, 0.6) is 0 Å². The van der Waals surface area contributed by atoms with Crippen LogP contribution in [0.3, 0.4) is 0 Å². The third-order valence-electron chi connectivity index (χ3n) is 4.09. The third kappa shape index (κ3) is 4.18. The van der Waals surface area contributed by atoms with E-state index in [1.165, 1.54) is 0 Å². The lowest BCUT2D eigenvalue weighted by Crippen LogP contribution is -2.48. The summed E-state index contributed by atoms with van der Waals surface area (Å²) in [5.41, 5.74) is 5.20. The van der Waals surface area contributed by atoms with Gasteiger partial charge >= 0.3 is 0 Å². The second kappa shape index (κ2) is 7.70. The number of nitrogens with one attached hydrogen (secondary N) is 1. The molecule has 0 bridgehead atoms. The molecule has 2 rings (SSSR count). The van der Waals surface area contributed by atoms with Crippen LogP contribution in [0.1, 0.15) is 31.2 Å². The fourth-order valence-electron chi connectivity index (χ4n) is 2.85. The van der Waals surface area contributed by atoms with Gasteiger partial charge in [-0.1, -0.05) is 40.9 Å². The van der Waals surface area contributed by atoms with E-state index in [1.807, 2.05) is 24.3 Å². The summed E-state index contributed by atoms with van der Waals surface area (Å²) in [5.74, 6) is -3.38. The maximum atomic E-state index is 13.2. The number of nitrogens with two attached hydrogens (primary N) is 1. The average molecular weight is 398 g/mol. The number of rotatable bonds is 5. The normalized spacial score (nSPS) is 16.9. The summed E-state index contributed by atoms with van der Waals surface area (Å²) >= 11 is 3.36. The van der Waals surface area contributed by atoms with E-state index in [0.717, 1.165) is 22.9 Å². The largest absolute Gasteiger partial charge is 0.349 e. The van der Waals surface area contributed by atoms with Gasteiger partial charge in [-0.3, -0.25) is 4.79 Å². The Labute approximate surface area is 143 Å². The van der Waals surface area contributed by atoms with Crippen LogP contribution in [0.2, 0.25) is 0 Å². The number of amides is 1. The molecule has 22 heavy (non-hydrogen) atoms. The Hall–Kier alpha value is -0.720. The van der Waals surface area contributed by atoms with Crippen LogP contribution in [-0.4, -0.2) is 24.9 Å². The fourth-order valence-corrected chi connectivity index (χ4v) is 3.11. The molecule has 3 nitrogen and oxygen atoms in total. The monoisotopic (exact) mass is 396 g/mol. The molecule has 1 aromatic rings. The molecule has 124 valence electrons. The first-order valence-corrected chi connectivity index (χ1v) is 7.81. The van der Waals surface area contributed by atoms with Gasteiger partial charge in [0.1, 0.15) is 0 Å². The molecule has 1 fully saturated rings. The minimum absolute atomic E-state index is 0. The van der Waals surface area contributed by atoms with E-state index in [0.29, 0.717) is 12.8 Å². The highest BCUT2D eigenvalue weighted by molar-refractivity contribution is 9.10. The van der Waals surface area contributed by atoms with Gasteiger partial charge in [-0.25, -0.2) is 8.78 Å². The molecule has 1 saturated carbocycles. The highest BCUT2D eigenvalue weighted by Gasteiger charge is 2.43. The van der Waals surface area contributed by atoms with Crippen LogP contribution in [0.4, 0.5) is 8.78 Å². The molecule has 0 unspecified atom stereocenters. The van der Waals surface area contributed by atoms with Crippen molar-refractivity contribution >= 4 is 34.2 Å². The molecule has 0 aliphatic heterocycles. The molecule has 0 saturated heterocycles. The molecular formula is C15H20BrClF2N2O. The number of alkyl halides is 2. The molecule has 1 amide bonds. The lowest BCUT2D eigenvalue weighted by Gasteiger charge is -2.29. The summed E-state index contributed by atoms with van der Waals surface area (Å²) in [6.45, 7) is -1.47. The van der Waals surface area contributed by atoms with Gasteiger partial charge in [0.05, 0.1) is 18.5 Å². The Morgan fingerprint density at radius 2 is 1.82 bits per heavy atom. The van der Waals surface area contributed by atoms with Crippen molar-refractivity contribution in [2.45, 2.75) is 37.0 Å². The first-order chi connectivity index (χ1) is 9.89. The Kier molecular flexibility index (Phi) is 6.77. The predicted molar refractivity (Wildman–Crippen MR) is 88.5 cm³/mol. The summed E-state index contributed by atoms with van der Waals surface area (Å²) in [6.07, 6.45) is 3.23.